The number of piperidine rings is 1. The summed E-state index contributed by atoms with van der Waals surface area (Å²) in [6.07, 6.45) is 2.53. The number of hydrogen-bond donors (Lipinski definition) is 1. The summed E-state index contributed by atoms with van der Waals surface area (Å²) in [5.74, 6) is 0.254. The molecule has 2 aliphatic rings. The maximum Gasteiger partial charge on any atom is 0.312 e. The SMILES string of the molecule is O=[N+]([O-])c1cc(Cl)ccc1OC1COC2(CCNCC2)C1. The summed E-state index contributed by atoms with van der Waals surface area (Å²) in [5, 5.41) is 14.7. The van der Waals surface area contributed by atoms with Crippen LogP contribution in [-0.2, 0) is 4.74 Å². The van der Waals surface area contributed by atoms with Gasteiger partial charge in [-0.1, -0.05) is 11.6 Å². The van der Waals surface area contributed by atoms with Gasteiger partial charge in [-0.2, -0.15) is 0 Å². The topological polar surface area (TPSA) is 73.6 Å². The zero-order valence-electron chi connectivity index (χ0n) is 11.5. The van der Waals surface area contributed by atoms with Crippen LogP contribution in [0.3, 0.4) is 0 Å². The molecule has 2 saturated heterocycles. The molecule has 21 heavy (non-hydrogen) atoms. The number of hydrogen-bond acceptors (Lipinski definition) is 5. The van der Waals surface area contributed by atoms with E-state index in [0.29, 0.717) is 11.6 Å². The maximum absolute atomic E-state index is 11.1. The molecule has 2 aliphatic heterocycles. The van der Waals surface area contributed by atoms with Gasteiger partial charge in [0.25, 0.3) is 0 Å². The van der Waals surface area contributed by atoms with Crippen molar-refractivity contribution in [3.63, 3.8) is 0 Å². The van der Waals surface area contributed by atoms with Crippen molar-refractivity contribution in [2.24, 2.45) is 0 Å². The van der Waals surface area contributed by atoms with E-state index < -0.39 is 4.92 Å². The summed E-state index contributed by atoms with van der Waals surface area (Å²) in [5.41, 5.74) is -0.231. The molecule has 0 saturated carbocycles. The molecule has 7 heteroatoms. The van der Waals surface area contributed by atoms with E-state index in [9.17, 15) is 10.1 Å². The highest BCUT2D eigenvalue weighted by atomic mass is 35.5. The molecule has 1 N–H and O–H groups in total. The molecule has 0 aromatic heterocycles. The van der Waals surface area contributed by atoms with Crippen molar-refractivity contribution in [2.75, 3.05) is 19.7 Å². The molecule has 1 spiro atoms. The minimum atomic E-state index is -0.475. The average Bonchev–Trinajstić information content (AvgIpc) is 2.84. The Labute approximate surface area is 127 Å². The largest absolute Gasteiger partial charge is 0.481 e. The molecule has 6 nitrogen and oxygen atoms in total. The molecule has 1 atom stereocenters. The van der Waals surface area contributed by atoms with Gasteiger partial charge in [-0.25, -0.2) is 0 Å². The quantitative estimate of drug-likeness (QED) is 0.686. The molecule has 114 valence electrons. The first kappa shape index (κ1) is 14.6. The predicted molar refractivity (Wildman–Crippen MR) is 77.9 cm³/mol. The van der Waals surface area contributed by atoms with Gasteiger partial charge in [-0.3, -0.25) is 10.1 Å². The van der Waals surface area contributed by atoms with Crippen molar-refractivity contribution in [2.45, 2.75) is 31.0 Å². The summed E-state index contributed by atoms with van der Waals surface area (Å²) < 4.78 is 11.7. The second kappa shape index (κ2) is 5.79. The van der Waals surface area contributed by atoms with Gasteiger partial charge < -0.3 is 14.8 Å². The summed E-state index contributed by atoms with van der Waals surface area (Å²) in [6, 6.07) is 4.46. The van der Waals surface area contributed by atoms with Crippen LogP contribution >= 0.6 is 11.6 Å². The smallest absolute Gasteiger partial charge is 0.312 e. The van der Waals surface area contributed by atoms with E-state index in [1.807, 2.05) is 0 Å². The first-order valence-corrected chi connectivity index (χ1v) is 7.41. The third-order valence-corrected chi connectivity index (χ3v) is 4.34. The van der Waals surface area contributed by atoms with E-state index in [0.717, 1.165) is 32.4 Å². The molecule has 0 aliphatic carbocycles. The highest BCUT2D eigenvalue weighted by molar-refractivity contribution is 6.30. The van der Waals surface area contributed by atoms with Gasteiger partial charge in [0.15, 0.2) is 5.75 Å². The lowest BCUT2D eigenvalue weighted by Gasteiger charge is -2.32. The van der Waals surface area contributed by atoms with Gasteiger partial charge in [0, 0.05) is 17.5 Å². The number of nitrogens with one attached hydrogen (secondary N) is 1. The number of ether oxygens (including phenoxy) is 2. The van der Waals surface area contributed by atoms with Crippen molar-refractivity contribution < 1.29 is 14.4 Å². The Bertz CT molecular complexity index is 546. The van der Waals surface area contributed by atoms with Crippen LogP contribution in [0.5, 0.6) is 5.75 Å². The molecule has 3 rings (SSSR count). The predicted octanol–water partition coefficient (Wildman–Crippen LogP) is 2.54. The van der Waals surface area contributed by atoms with Crippen LogP contribution in [0.25, 0.3) is 0 Å². The second-order valence-electron chi connectivity index (χ2n) is 5.56. The van der Waals surface area contributed by atoms with Crippen molar-refractivity contribution in [3.05, 3.63) is 33.3 Å². The molecular weight excluding hydrogens is 296 g/mol. The molecule has 2 fully saturated rings. The number of nitrogens with zero attached hydrogens (tertiary/aromatic N) is 1. The number of halogens is 1. The highest BCUT2D eigenvalue weighted by Crippen LogP contribution is 2.38. The van der Waals surface area contributed by atoms with Crippen LogP contribution in [-0.4, -0.2) is 36.3 Å². The van der Waals surface area contributed by atoms with E-state index in [-0.39, 0.29) is 23.1 Å². The van der Waals surface area contributed by atoms with Gasteiger partial charge in [-0.05, 0) is 38.1 Å². The van der Waals surface area contributed by atoms with Crippen molar-refractivity contribution in [3.8, 4) is 5.75 Å². The monoisotopic (exact) mass is 312 g/mol. The van der Waals surface area contributed by atoms with E-state index in [2.05, 4.69) is 5.32 Å². The van der Waals surface area contributed by atoms with E-state index in [1.54, 1.807) is 12.1 Å². The van der Waals surface area contributed by atoms with Crippen molar-refractivity contribution in [1.82, 2.24) is 5.32 Å². The highest BCUT2D eigenvalue weighted by Gasteiger charge is 2.42. The van der Waals surface area contributed by atoms with Crippen LogP contribution in [0.2, 0.25) is 5.02 Å². The maximum atomic E-state index is 11.1. The molecule has 1 aromatic carbocycles. The van der Waals surface area contributed by atoms with Gasteiger partial charge in [0.05, 0.1) is 17.1 Å². The van der Waals surface area contributed by atoms with Crippen LogP contribution < -0.4 is 10.1 Å². The molecule has 0 bridgehead atoms. The van der Waals surface area contributed by atoms with Crippen molar-refractivity contribution >= 4 is 17.3 Å². The fourth-order valence-electron chi connectivity index (χ4n) is 3.02. The fourth-order valence-corrected chi connectivity index (χ4v) is 3.19. The zero-order chi connectivity index (χ0) is 14.9. The molecule has 0 amide bonds. The minimum absolute atomic E-state index is 0.103. The molecule has 0 radical (unpaired) electrons. The summed E-state index contributed by atoms with van der Waals surface area (Å²) in [4.78, 5) is 10.6. The molecular formula is C14H17ClN2O4. The van der Waals surface area contributed by atoms with Gasteiger partial charge >= 0.3 is 5.69 Å². The van der Waals surface area contributed by atoms with Crippen LogP contribution in [0.15, 0.2) is 18.2 Å². The number of rotatable bonds is 3. The fraction of sp³-hybridized carbons (Fsp3) is 0.571. The first-order chi connectivity index (χ1) is 10.1. The summed E-state index contributed by atoms with van der Waals surface area (Å²) >= 11 is 5.80. The van der Waals surface area contributed by atoms with Crippen molar-refractivity contribution in [1.29, 1.82) is 0 Å². The minimum Gasteiger partial charge on any atom is -0.481 e. The third-order valence-electron chi connectivity index (χ3n) is 4.10. The third kappa shape index (κ3) is 3.12. The van der Waals surface area contributed by atoms with E-state index in [4.69, 9.17) is 21.1 Å². The zero-order valence-corrected chi connectivity index (χ0v) is 12.3. The normalized spacial score (nSPS) is 24.1. The number of nitro groups is 1. The Hall–Kier alpha value is -1.37. The van der Waals surface area contributed by atoms with E-state index in [1.165, 1.54) is 6.07 Å². The number of benzene rings is 1. The standard InChI is InChI=1S/C14H17ClN2O4/c15-10-1-2-13(12(7-10)17(18)19)21-11-8-14(20-9-11)3-5-16-6-4-14/h1-2,7,11,16H,3-6,8-9H2. The average molecular weight is 313 g/mol. The van der Waals surface area contributed by atoms with Crippen LogP contribution in [0.1, 0.15) is 19.3 Å². The second-order valence-corrected chi connectivity index (χ2v) is 5.99. The van der Waals surface area contributed by atoms with E-state index >= 15 is 0 Å². The Balaban J connectivity index is 1.72. The molecule has 2 heterocycles. The Morgan fingerprint density at radius 3 is 2.90 bits per heavy atom. The lowest BCUT2D eigenvalue weighted by Crippen LogP contribution is -2.41. The molecule has 1 unspecified atom stereocenters. The van der Waals surface area contributed by atoms with Gasteiger partial charge in [0.1, 0.15) is 6.10 Å². The van der Waals surface area contributed by atoms with Gasteiger partial charge in [-0.15, -0.1) is 0 Å². The van der Waals surface area contributed by atoms with Crippen LogP contribution in [0, 0.1) is 10.1 Å². The number of nitro benzene ring substituents is 1. The summed E-state index contributed by atoms with van der Waals surface area (Å²) in [7, 11) is 0. The molecule has 1 aromatic rings. The first-order valence-electron chi connectivity index (χ1n) is 7.03. The lowest BCUT2D eigenvalue weighted by atomic mass is 9.89. The van der Waals surface area contributed by atoms with Crippen LogP contribution in [0.4, 0.5) is 5.69 Å². The Morgan fingerprint density at radius 2 is 2.19 bits per heavy atom. The Kier molecular flexibility index (Phi) is 4.01. The summed E-state index contributed by atoms with van der Waals surface area (Å²) in [6.45, 7) is 2.35. The lowest BCUT2D eigenvalue weighted by molar-refractivity contribution is -0.386. The Morgan fingerprint density at radius 1 is 1.43 bits per heavy atom. The van der Waals surface area contributed by atoms with Gasteiger partial charge in [0.2, 0.25) is 0 Å².